The number of carbonyl (C=O) groups is 2. The van der Waals surface area contributed by atoms with Crippen LogP contribution in [0.15, 0.2) is 54.7 Å². The molecule has 13 heteroatoms. The number of anilines is 3. The van der Waals surface area contributed by atoms with E-state index in [-0.39, 0.29) is 57.3 Å². The second-order valence-electron chi connectivity index (χ2n) is 11.0. The molecule has 1 aromatic heterocycles. The first-order valence-corrected chi connectivity index (χ1v) is 13.6. The number of hydrogen-bond acceptors (Lipinski definition) is 7. The molecular weight excluding hydrogens is 558 g/mol. The Kier molecular flexibility index (Phi) is 11.1. The Balaban J connectivity index is 0.00000337. The predicted octanol–water partition coefficient (Wildman–Crippen LogP) is 2.82. The van der Waals surface area contributed by atoms with Gasteiger partial charge in [0.1, 0.15) is 5.60 Å². The molecule has 0 saturated carbocycles. The number of nitrogens with one attached hydrogen (secondary N) is 1. The number of amides is 1. The molecule has 4 rings (SSSR count). The van der Waals surface area contributed by atoms with Gasteiger partial charge in [-0.2, -0.15) is 13.2 Å². The molecule has 1 fully saturated rings. The molecule has 1 saturated heterocycles. The summed E-state index contributed by atoms with van der Waals surface area (Å²) in [6.45, 7) is 7.81. The molecule has 43 heavy (non-hydrogen) atoms. The third-order valence-electron chi connectivity index (χ3n) is 6.68. The van der Waals surface area contributed by atoms with Crippen LogP contribution in [0.25, 0.3) is 0 Å². The number of nitrogens with zero attached hydrogens (tertiary/aromatic N) is 4. The van der Waals surface area contributed by atoms with Crippen molar-refractivity contribution in [2.75, 3.05) is 36.4 Å². The van der Waals surface area contributed by atoms with Gasteiger partial charge in [0.25, 0.3) is 0 Å². The minimum absolute atomic E-state index is 0. The van der Waals surface area contributed by atoms with E-state index in [0.29, 0.717) is 43.0 Å². The number of carboxylic acids is 1. The fourth-order valence-electron chi connectivity index (χ4n) is 4.65. The summed E-state index contributed by atoms with van der Waals surface area (Å²) in [5.41, 5.74) is 1.10. The monoisotopic (exact) mass is 593 g/mol. The zero-order valence-electron chi connectivity index (χ0n) is 25.7. The van der Waals surface area contributed by atoms with Gasteiger partial charge < -0.3 is 26.4 Å². The summed E-state index contributed by atoms with van der Waals surface area (Å²) >= 11 is 0. The van der Waals surface area contributed by atoms with E-state index in [0.717, 1.165) is 11.9 Å². The molecule has 9 nitrogen and oxygen atoms in total. The van der Waals surface area contributed by atoms with E-state index in [1.807, 2.05) is 32.9 Å². The van der Waals surface area contributed by atoms with E-state index >= 15 is 0 Å². The number of rotatable bonds is 8. The van der Waals surface area contributed by atoms with E-state index in [1.54, 1.807) is 41.3 Å². The van der Waals surface area contributed by atoms with Gasteiger partial charge in [-0.3, -0.25) is 4.79 Å². The number of hydrogen-bond donors (Lipinski definition) is 2. The molecule has 2 N–H and O–H groups in total. The number of aromatic nitrogens is 2. The molecule has 0 unspecified atom stereocenters. The fraction of sp³-hybridized carbons (Fsp3) is 0.400. The van der Waals surface area contributed by atoms with Crippen LogP contribution in [0.4, 0.5) is 35.3 Å². The number of aliphatic carboxylic acids is 1. The Morgan fingerprint density at radius 3 is 2.19 bits per heavy atom. The van der Waals surface area contributed by atoms with Crippen molar-refractivity contribution in [1.29, 1.82) is 0 Å². The zero-order valence-corrected chi connectivity index (χ0v) is 24.7. The van der Waals surface area contributed by atoms with E-state index in [4.69, 9.17) is 9.84 Å². The Hall–Kier alpha value is -3.75. The summed E-state index contributed by atoms with van der Waals surface area (Å²) < 4.78 is 46.7. The van der Waals surface area contributed by atoms with Gasteiger partial charge in [-0.15, -0.1) is 0 Å². The smallest absolute Gasteiger partial charge is 1.00 e. The summed E-state index contributed by atoms with van der Waals surface area (Å²) in [6, 6.07) is 14.1. The molecule has 1 aliphatic heterocycles. The Bertz CT molecular complexity index is 1410. The van der Waals surface area contributed by atoms with Gasteiger partial charge in [0.2, 0.25) is 5.95 Å². The van der Waals surface area contributed by atoms with Gasteiger partial charge in [-0.1, -0.05) is 24.3 Å². The first-order valence-electron chi connectivity index (χ1n) is 13.6. The van der Waals surface area contributed by atoms with Crippen molar-refractivity contribution in [3.05, 3.63) is 77.1 Å². The first-order chi connectivity index (χ1) is 19.8. The van der Waals surface area contributed by atoms with Crippen molar-refractivity contribution in [1.82, 2.24) is 14.9 Å². The van der Waals surface area contributed by atoms with Crippen molar-refractivity contribution >= 4 is 29.4 Å². The van der Waals surface area contributed by atoms with Crippen LogP contribution in [0.2, 0.25) is 0 Å². The van der Waals surface area contributed by atoms with Crippen molar-refractivity contribution in [3.63, 3.8) is 0 Å². The Morgan fingerprint density at radius 2 is 1.60 bits per heavy atom. The molecular formula is C30H35F3LiN5O4. The zero-order chi connectivity index (χ0) is 30.5. The predicted molar refractivity (Wildman–Crippen MR) is 153 cm³/mol. The largest absolute Gasteiger partial charge is 1.00 e. The van der Waals surface area contributed by atoms with Gasteiger partial charge in [0.15, 0.2) is 0 Å². The fourth-order valence-corrected chi connectivity index (χ4v) is 4.65. The number of carboxylic acid groups (broad SMARTS) is 1. The molecule has 0 aliphatic carbocycles. The van der Waals surface area contributed by atoms with Crippen LogP contribution in [0, 0.1) is 0 Å². The standard InChI is InChI=1S/C30H34F3N5O4.Li.H/c1-29(2,3)42-28(41)38-16-14-37(15-17-38)23-11-9-22(10-12-23)35-27-34-19-24(30(31,32)33)25(36-27)13-8-20-6-4-5-7-21(20)18-26(39)40;;/h4-7,9-12,19H,8,13-18H2,1-3H3,(H,39,40)(H,34,35,36);;/q;+1;-1. The summed E-state index contributed by atoms with van der Waals surface area (Å²) in [5.74, 6) is -0.989. The van der Waals surface area contributed by atoms with Crippen LogP contribution >= 0.6 is 0 Å². The summed E-state index contributed by atoms with van der Waals surface area (Å²) in [7, 11) is 0. The summed E-state index contributed by atoms with van der Waals surface area (Å²) in [4.78, 5) is 35.4. The molecule has 0 radical (unpaired) electrons. The molecule has 1 aliphatic rings. The SMILES string of the molecule is CC(C)(C)OC(=O)N1CCN(c2ccc(Nc3ncc(C(F)(F)F)c(CCc4ccccc4CC(=O)O)n3)cc2)CC1.[H-].[Li+]. The van der Waals surface area contributed by atoms with E-state index in [2.05, 4.69) is 20.2 Å². The van der Waals surface area contributed by atoms with Gasteiger partial charge in [0.05, 0.1) is 17.7 Å². The number of carbonyl (C=O) groups excluding carboxylic acids is 1. The third kappa shape index (κ3) is 9.63. The minimum atomic E-state index is -4.64. The van der Waals surface area contributed by atoms with Crippen molar-refractivity contribution < 1.29 is 52.9 Å². The van der Waals surface area contributed by atoms with Gasteiger partial charge in [-0.25, -0.2) is 14.8 Å². The van der Waals surface area contributed by atoms with E-state index in [1.165, 1.54) is 0 Å². The number of halogens is 3. The van der Waals surface area contributed by atoms with Crippen LogP contribution in [0.5, 0.6) is 0 Å². The summed E-state index contributed by atoms with van der Waals surface area (Å²) in [5, 5.41) is 12.1. The molecule has 0 spiro atoms. The van der Waals surface area contributed by atoms with Crippen molar-refractivity contribution in [2.24, 2.45) is 0 Å². The topological polar surface area (TPSA) is 108 Å². The number of piperazine rings is 1. The summed E-state index contributed by atoms with van der Waals surface area (Å²) in [6.07, 6.45) is -4.26. The third-order valence-corrected chi connectivity index (χ3v) is 6.68. The molecule has 0 bridgehead atoms. The van der Waals surface area contributed by atoms with Gasteiger partial charge in [0, 0.05) is 43.8 Å². The second-order valence-corrected chi connectivity index (χ2v) is 11.0. The Labute approximate surface area is 262 Å². The van der Waals surface area contributed by atoms with Crippen molar-refractivity contribution in [3.8, 4) is 0 Å². The van der Waals surface area contributed by atoms with Gasteiger partial charge >= 0.3 is 37.1 Å². The van der Waals surface area contributed by atoms with Crippen LogP contribution in [0.1, 0.15) is 44.6 Å². The maximum atomic E-state index is 13.7. The number of benzene rings is 2. The maximum absolute atomic E-state index is 13.7. The molecule has 2 aromatic carbocycles. The average Bonchev–Trinajstić information content (AvgIpc) is 2.91. The quantitative estimate of drug-likeness (QED) is 0.384. The van der Waals surface area contributed by atoms with E-state index < -0.39 is 23.3 Å². The number of aryl methyl sites for hydroxylation is 2. The van der Waals surface area contributed by atoms with Crippen LogP contribution in [-0.2, 0) is 35.0 Å². The minimum Gasteiger partial charge on any atom is -1.00 e. The maximum Gasteiger partial charge on any atom is 1.00 e. The van der Waals surface area contributed by atoms with Crippen LogP contribution < -0.4 is 29.1 Å². The number of alkyl halides is 3. The molecule has 3 aromatic rings. The normalized spacial score (nSPS) is 13.7. The molecule has 226 valence electrons. The second kappa shape index (κ2) is 14.1. The molecule has 1 amide bonds. The van der Waals surface area contributed by atoms with Crippen LogP contribution in [-0.4, -0.2) is 63.8 Å². The molecule has 2 heterocycles. The molecule has 0 atom stereocenters. The first kappa shape index (κ1) is 33.7. The van der Waals surface area contributed by atoms with E-state index in [9.17, 15) is 22.8 Å². The number of ether oxygens (including phenoxy) is 1. The Morgan fingerprint density at radius 1 is 0.977 bits per heavy atom. The van der Waals surface area contributed by atoms with Gasteiger partial charge in [-0.05, 0) is 69.0 Å². The average molecular weight is 594 g/mol. The van der Waals surface area contributed by atoms with Crippen molar-refractivity contribution in [2.45, 2.75) is 51.8 Å². The van der Waals surface area contributed by atoms with Crippen LogP contribution in [0.3, 0.4) is 0 Å².